The van der Waals surface area contributed by atoms with E-state index in [1.807, 2.05) is 35.8 Å². The third-order valence-electron chi connectivity index (χ3n) is 4.61. The van der Waals surface area contributed by atoms with E-state index in [0.29, 0.717) is 19.0 Å². The van der Waals surface area contributed by atoms with Crippen LogP contribution in [0, 0.1) is 0 Å². The largest absolute Gasteiger partial charge is 0.494 e. The Hall–Kier alpha value is -2.08. The minimum atomic E-state index is 0.113. The number of ether oxygens (including phenoxy) is 1. The third kappa shape index (κ3) is 5.21. The summed E-state index contributed by atoms with van der Waals surface area (Å²) in [4.78, 5) is 18.9. The molecule has 5 nitrogen and oxygen atoms in total. The van der Waals surface area contributed by atoms with Gasteiger partial charge in [0.15, 0.2) is 5.13 Å². The summed E-state index contributed by atoms with van der Waals surface area (Å²) in [6.07, 6.45) is 6.38. The lowest BCUT2D eigenvalue weighted by Crippen LogP contribution is -2.40. The summed E-state index contributed by atoms with van der Waals surface area (Å²) >= 11 is 1.66. The van der Waals surface area contributed by atoms with E-state index in [-0.39, 0.29) is 5.91 Å². The normalized spacial score (nSPS) is 16.7. The summed E-state index contributed by atoms with van der Waals surface area (Å²) in [5.74, 6) is 1.01. The Bertz CT molecular complexity index is 673. The predicted octanol–water partition coefficient (Wildman–Crippen LogP) is 3.65. The van der Waals surface area contributed by atoms with Crippen molar-refractivity contribution in [3.05, 3.63) is 41.4 Å². The van der Waals surface area contributed by atoms with Crippen LogP contribution >= 0.6 is 11.3 Å². The molecule has 140 valence electrons. The van der Waals surface area contributed by atoms with Gasteiger partial charge in [-0.1, -0.05) is 19.1 Å². The summed E-state index contributed by atoms with van der Waals surface area (Å²) in [6.45, 7) is 4.55. The summed E-state index contributed by atoms with van der Waals surface area (Å²) in [5.41, 5.74) is 1.16. The van der Waals surface area contributed by atoms with Gasteiger partial charge in [0.2, 0.25) is 5.91 Å². The van der Waals surface area contributed by atoms with Crippen LogP contribution in [0.5, 0.6) is 5.75 Å². The standard InChI is InChI=1S/C20H27N3O2S/c1-2-13-25-18-8-5-16(6-9-18)7-10-19(24)22-15-17-4-3-12-23(17)20-21-11-14-26-20/h5-6,8-9,11,14,17H,2-4,7,10,12-13,15H2,1H3,(H,22,24). The molecule has 1 aromatic carbocycles. The maximum Gasteiger partial charge on any atom is 0.220 e. The lowest BCUT2D eigenvalue weighted by Gasteiger charge is -2.24. The molecule has 2 heterocycles. The summed E-state index contributed by atoms with van der Waals surface area (Å²) in [6, 6.07) is 8.40. The van der Waals surface area contributed by atoms with Crippen LogP contribution in [0.2, 0.25) is 0 Å². The van der Waals surface area contributed by atoms with E-state index < -0.39 is 0 Å². The number of anilines is 1. The molecular formula is C20H27N3O2S. The van der Waals surface area contributed by atoms with Gasteiger partial charge in [-0.15, -0.1) is 11.3 Å². The molecule has 1 N–H and O–H groups in total. The molecule has 1 unspecified atom stereocenters. The van der Waals surface area contributed by atoms with Gasteiger partial charge >= 0.3 is 0 Å². The highest BCUT2D eigenvalue weighted by atomic mass is 32.1. The van der Waals surface area contributed by atoms with Crippen LogP contribution < -0.4 is 15.0 Å². The Balaban J connectivity index is 1.40. The first-order valence-electron chi connectivity index (χ1n) is 9.41. The van der Waals surface area contributed by atoms with E-state index >= 15 is 0 Å². The molecule has 0 spiro atoms. The van der Waals surface area contributed by atoms with Gasteiger partial charge in [-0.3, -0.25) is 4.79 Å². The van der Waals surface area contributed by atoms with Crippen LogP contribution in [0.3, 0.4) is 0 Å². The minimum absolute atomic E-state index is 0.113. The van der Waals surface area contributed by atoms with Crippen molar-refractivity contribution in [2.24, 2.45) is 0 Å². The van der Waals surface area contributed by atoms with E-state index in [2.05, 4.69) is 22.1 Å². The maximum atomic E-state index is 12.2. The van der Waals surface area contributed by atoms with Crippen molar-refractivity contribution < 1.29 is 9.53 Å². The molecular weight excluding hydrogens is 346 g/mol. The molecule has 2 aromatic rings. The molecule has 1 aromatic heterocycles. The van der Waals surface area contributed by atoms with Crippen molar-refractivity contribution in [1.29, 1.82) is 0 Å². The molecule has 0 radical (unpaired) electrons. The zero-order valence-electron chi connectivity index (χ0n) is 15.3. The van der Waals surface area contributed by atoms with Crippen molar-refractivity contribution in [3.8, 4) is 5.75 Å². The fraction of sp³-hybridized carbons (Fsp3) is 0.500. The summed E-state index contributed by atoms with van der Waals surface area (Å²) in [7, 11) is 0. The minimum Gasteiger partial charge on any atom is -0.494 e. The van der Waals surface area contributed by atoms with E-state index in [1.165, 1.54) is 0 Å². The van der Waals surface area contributed by atoms with Crippen molar-refractivity contribution in [1.82, 2.24) is 10.3 Å². The summed E-state index contributed by atoms with van der Waals surface area (Å²) < 4.78 is 5.58. The van der Waals surface area contributed by atoms with Crippen molar-refractivity contribution in [2.45, 2.75) is 45.1 Å². The zero-order valence-corrected chi connectivity index (χ0v) is 16.1. The molecule has 1 atom stereocenters. The number of carbonyl (C=O) groups is 1. The first-order chi connectivity index (χ1) is 12.8. The van der Waals surface area contributed by atoms with Crippen molar-refractivity contribution >= 4 is 22.4 Å². The molecule has 1 aliphatic rings. The Labute approximate surface area is 159 Å². The van der Waals surface area contributed by atoms with Crippen molar-refractivity contribution in [3.63, 3.8) is 0 Å². The smallest absolute Gasteiger partial charge is 0.220 e. The number of carbonyl (C=O) groups excluding carboxylic acids is 1. The fourth-order valence-corrected chi connectivity index (χ4v) is 3.95. The van der Waals surface area contributed by atoms with Gasteiger partial charge < -0.3 is 15.0 Å². The quantitative estimate of drug-likeness (QED) is 0.729. The lowest BCUT2D eigenvalue weighted by atomic mass is 10.1. The first-order valence-corrected chi connectivity index (χ1v) is 10.3. The second kappa shape index (κ2) is 9.57. The SMILES string of the molecule is CCCOc1ccc(CCC(=O)NCC2CCCN2c2nccs2)cc1. The number of aryl methyl sites for hydroxylation is 1. The second-order valence-electron chi connectivity index (χ2n) is 6.60. The molecule has 3 rings (SSSR count). The highest BCUT2D eigenvalue weighted by molar-refractivity contribution is 7.13. The molecule has 1 amide bonds. The molecule has 26 heavy (non-hydrogen) atoms. The van der Waals surface area contributed by atoms with Gasteiger partial charge in [0.25, 0.3) is 0 Å². The number of hydrogen-bond acceptors (Lipinski definition) is 5. The van der Waals surface area contributed by atoms with E-state index in [0.717, 1.165) is 55.3 Å². The Morgan fingerprint density at radius 2 is 2.23 bits per heavy atom. The molecule has 6 heteroatoms. The lowest BCUT2D eigenvalue weighted by molar-refractivity contribution is -0.121. The van der Waals surface area contributed by atoms with Gasteiger partial charge in [0, 0.05) is 37.1 Å². The molecule has 1 fully saturated rings. The molecule has 0 bridgehead atoms. The number of nitrogens with one attached hydrogen (secondary N) is 1. The van der Waals surface area contributed by atoms with Gasteiger partial charge in [-0.25, -0.2) is 4.98 Å². The van der Waals surface area contributed by atoms with Crippen LogP contribution in [0.4, 0.5) is 5.13 Å². The summed E-state index contributed by atoms with van der Waals surface area (Å²) in [5, 5.41) is 6.16. The Kier molecular flexibility index (Phi) is 6.89. The van der Waals surface area contributed by atoms with Crippen LogP contribution in [0.25, 0.3) is 0 Å². The van der Waals surface area contributed by atoms with Gasteiger partial charge in [0.1, 0.15) is 5.75 Å². The Morgan fingerprint density at radius 3 is 2.96 bits per heavy atom. The average Bonchev–Trinajstić information content (AvgIpc) is 3.34. The topological polar surface area (TPSA) is 54.5 Å². The van der Waals surface area contributed by atoms with Gasteiger partial charge in [-0.05, 0) is 43.4 Å². The maximum absolute atomic E-state index is 12.2. The highest BCUT2D eigenvalue weighted by Crippen LogP contribution is 2.26. The molecule has 1 aliphatic heterocycles. The first kappa shape index (κ1) is 18.7. The predicted molar refractivity (Wildman–Crippen MR) is 106 cm³/mol. The van der Waals surface area contributed by atoms with E-state index in [9.17, 15) is 4.79 Å². The average molecular weight is 374 g/mol. The molecule has 0 saturated carbocycles. The number of rotatable bonds is 9. The number of benzene rings is 1. The third-order valence-corrected chi connectivity index (χ3v) is 5.42. The molecule has 0 aliphatic carbocycles. The zero-order chi connectivity index (χ0) is 18.2. The highest BCUT2D eigenvalue weighted by Gasteiger charge is 2.26. The number of hydrogen-bond donors (Lipinski definition) is 1. The van der Waals surface area contributed by atoms with Crippen LogP contribution in [0.1, 0.15) is 38.2 Å². The Morgan fingerprint density at radius 1 is 1.38 bits per heavy atom. The van der Waals surface area contributed by atoms with Crippen LogP contribution in [-0.4, -0.2) is 36.6 Å². The fourth-order valence-electron chi connectivity index (χ4n) is 3.21. The monoisotopic (exact) mass is 373 g/mol. The van der Waals surface area contributed by atoms with Crippen molar-refractivity contribution in [2.75, 3.05) is 24.6 Å². The van der Waals surface area contributed by atoms with E-state index in [1.54, 1.807) is 11.3 Å². The van der Waals surface area contributed by atoms with E-state index in [4.69, 9.17) is 4.74 Å². The van der Waals surface area contributed by atoms with Crippen LogP contribution in [0.15, 0.2) is 35.8 Å². The number of nitrogens with zero attached hydrogens (tertiary/aromatic N) is 2. The van der Waals surface area contributed by atoms with Gasteiger partial charge in [0.05, 0.1) is 6.61 Å². The number of aromatic nitrogens is 1. The van der Waals surface area contributed by atoms with Gasteiger partial charge in [-0.2, -0.15) is 0 Å². The number of amides is 1. The molecule has 1 saturated heterocycles. The van der Waals surface area contributed by atoms with Crippen LogP contribution in [-0.2, 0) is 11.2 Å². The number of thiazole rings is 1. The second-order valence-corrected chi connectivity index (χ2v) is 7.47.